The van der Waals surface area contributed by atoms with Crippen molar-refractivity contribution in [3.63, 3.8) is 0 Å². The van der Waals surface area contributed by atoms with Crippen molar-refractivity contribution in [2.45, 2.75) is 25.3 Å². The Bertz CT molecular complexity index is 1260. The van der Waals surface area contributed by atoms with Gasteiger partial charge in [0.2, 0.25) is 0 Å². The number of aliphatic hydroxyl groups is 1. The first kappa shape index (κ1) is 25.8. The molecule has 7 heteroatoms. The molecule has 0 spiro atoms. The summed E-state index contributed by atoms with van der Waals surface area (Å²) in [6.07, 6.45) is 4.89. The molecule has 3 aromatic rings. The van der Waals surface area contributed by atoms with Crippen LogP contribution >= 0.6 is 0 Å². The van der Waals surface area contributed by atoms with Crippen molar-refractivity contribution in [1.29, 1.82) is 0 Å². The average Bonchev–Trinajstić information content (AvgIpc) is 3.56. The van der Waals surface area contributed by atoms with Crippen molar-refractivity contribution in [1.82, 2.24) is 4.90 Å². The lowest BCUT2D eigenvalue weighted by atomic mass is 10.1. The fourth-order valence-corrected chi connectivity index (χ4v) is 5.14. The second-order valence-corrected chi connectivity index (χ2v) is 9.50. The van der Waals surface area contributed by atoms with Crippen LogP contribution in [0.15, 0.2) is 84.6 Å². The van der Waals surface area contributed by atoms with E-state index in [1.165, 1.54) is 0 Å². The van der Waals surface area contributed by atoms with Crippen molar-refractivity contribution >= 4 is 11.6 Å². The summed E-state index contributed by atoms with van der Waals surface area (Å²) in [7, 11) is 1.60. The first-order chi connectivity index (χ1) is 18.7. The van der Waals surface area contributed by atoms with Crippen molar-refractivity contribution in [3.8, 4) is 28.4 Å². The molecule has 1 atom stereocenters. The molecule has 0 unspecified atom stereocenters. The van der Waals surface area contributed by atoms with Gasteiger partial charge < -0.3 is 24.2 Å². The number of amides is 1. The van der Waals surface area contributed by atoms with Crippen LogP contribution in [0.5, 0.6) is 17.2 Å². The van der Waals surface area contributed by atoms with Crippen molar-refractivity contribution < 1.29 is 24.1 Å². The second kappa shape index (κ2) is 12.2. The highest BCUT2D eigenvalue weighted by atomic mass is 16.5. The van der Waals surface area contributed by atoms with Crippen LogP contribution in [0.3, 0.4) is 0 Å². The van der Waals surface area contributed by atoms with E-state index in [0.717, 1.165) is 49.2 Å². The molecule has 2 aliphatic rings. The zero-order chi connectivity index (χ0) is 26.3. The van der Waals surface area contributed by atoms with Gasteiger partial charge in [0.15, 0.2) is 17.3 Å². The summed E-state index contributed by atoms with van der Waals surface area (Å²) in [5.74, 6) is 1.95. The SMILES string of the molecule is COc1cc(N2CC=C(Oc3ccc(-c4ccccc4)cc3)C2=O)ccc1OCCN1CCC[C@@H]1CCO. The fourth-order valence-electron chi connectivity index (χ4n) is 5.14. The van der Waals surface area contributed by atoms with E-state index in [2.05, 4.69) is 17.0 Å². The van der Waals surface area contributed by atoms with E-state index >= 15 is 0 Å². The van der Waals surface area contributed by atoms with Gasteiger partial charge in [-0.3, -0.25) is 9.69 Å². The van der Waals surface area contributed by atoms with Crippen molar-refractivity contribution in [2.24, 2.45) is 0 Å². The monoisotopic (exact) mass is 514 g/mol. The van der Waals surface area contributed by atoms with Crippen LogP contribution < -0.4 is 19.1 Å². The predicted octanol–water partition coefficient (Wildman–Crippen LogP) is 4.90. The zero-order valence-corrected chi connectivity index (χ0v) is 21.7. The number of likely N-dealkylation sites (tertiary alicyclic amines) is 1. The molecule has 198 valence electrons. The van der Waals surface area contributed by atoms with Gasteiger partial charge in [-0.05, 0) is 67.3 Å². The molecule has 0 saturated carbocycles. The molecule has 0 aromatic heterocycles. The highest BCUT2D eigenvalue weighted by Gasteiger charge is 2.28. The summed E-state index contributed by atoms with van der Waals surface area (Å²) in [5, 5.41) is 9.28. The summed E-state index contributed by atoms with van der Waals surface area (Å²) in [5.41, 5.74) is 2.94. The van der Waals surface area contributed by atoms with E-state index < -0.39 is 0 Å². The minimum atomic E-state index is -0.197. The molecule has 1 fully saturated rings. The van der Waals surface area contributed by atoms with Crippen LogP contribution in [0.25, 0.3) is 11.1 Å². The van der Waals surface area contributed by atoms with Gasteiger partial charge in [0.05, 0.1) is 7.11 Å². The maximum atomic E-state index is 13.1. The van der Waals surface area contributed by atoms with E-state index in [1.54, 1.807) is 18.1 Å². The molecule has 3 aromatic carbocycles. The molecule has 0 aliphatic carbocycles. The number of carbonyl (C=O) groups is 1. The van der Waals surface area contributed by atoms with Gasteiger partial charge in [0.1, 0.15) is 12.4 Å². The Balaban J connectivity index is 1.18. The van der Waals surface area contributed by atoms with E-state index in [1.807, 2.05) is 60.7 Å². The van der Waals surface area contributed by atoms with Crippen LogP contribution in [0.4, 0.5) is 5.69 Å². The van der Waals surface area contributed by atoms with E-state index in [-0.39, 0.29) is 12.5 Å². The molecule has 0 bridgehead atoms. The van der Waals surface area contributed by atoms with E-state index in [9.17, 15) is 9.90 Å². The number of anilines is 1. The van der Waals surface area contributed by atoms with Crippen LogP contribution in [-0.4, -0.2) is 61.9 Å². The largest absolute Gasteiger partial charge is 0.493 e. The quantitative estimate of drug-likeness (QED) is 0.393. The number of carbonyl (C=O) groups excluding carboxylic acids is 1. The maximum Gasteiger partial charge on any atom is 0.294 e. The number of methoxy groups -OCH3 is 1. The number of benzene rings is 3. The lowest BCUT2D eigenvalue weighted by Gasteiger charge is -2.24. The van der Waals surface area contributed by atoms with Crippen LogP contribution in [0.2, 0.25) is 0 Å². The third-order valence-electron chi connectivity index (χ3n) is 7.16. The first-order valence-electron chi connectivity index (χ1n) is 13.2. The smallest absolute Gasteiger partial charge is 0.294 e. The first-order valence-corrected chi connectivity index (χ1v) is 13.2. The molecule has 0 radical (unpaired) electrons. The van der Waals surface area contributed by atoms with Crippen LogP contribution in [-0.2, 0) is 4.79 Å². The van der Waals surface area contributed by atoms with Gasteiger partial charge >= 0.3 is 0 Å². The van der Waals surface area contributed by atoms with Gasteiger partial charge in [-0.25, -0.2) is 0 Å². The third kappa shape index (κ3) is 5.85. The van der Waals surface area contributed by atoms with Crippen molar-refractivity contribution in [2.75, 3.05) is 44.9 Å². The van der Waals surface area contributed by atoms with E-state index in [4.69, 9.17) is 14.2 Å². The van der Waals surface area contributed by atoms with Crippen LogP contribution in [0, 0.1) is 0 Å². The Kier molecular flexibility index (Phi) is 8.26. The lowest BCUT2D eigenvalue weighted by molar-refractivity contribution is -0.116. The lowest BCUT2D eigenvalue weighted by Crippen LogP contribution is -2.33. The predicted molar refractivity (Wildman–Crippen MR) is 148 cm³/mol. The number of rotatable bonds is 11. The molecular formula is C31H34N2O5. The molecule has 2 aliphatic heterocycles. The molecule has 5 rings (SSSR count). The Morgan fingerprint density at radius 3 is 2.53 bits per heavy atom. The number of aliphatic hydroxyl groups excluding tert-OH is 1. The Morgan fingerprint density at radius 1 is 0.974 bits per heavy atom. The molecular weight excluding hydrogens is 480 g/mol. The van der Waals surface area contributed by atoms with Crippen molar-refractivity contribution in [3.05, 3.63) is 84.6 Å². The van der Waals surface area contributed by atoms with Crippen LogP contribution in [0.1, 0.15) is 19.3 Å². The van der Waals surface area contributed by atoms with Gasteiger partial charge in [0.25, 0.3) is 5.91 Å². The summed E-state index contributed by atoms with van der Waals surface area (Å²) in [6.45, 7) is 3.01. The summed E-state index contributed by atoms with van der Waals surface area (Å²) in [6, 6.07) is 23.8. The molecule has 1 saturated heterocycles. The van der Waals surface area contributed by atoms with Gasteiger partial charge in [0, 0.05) is 37.5 Å². The molecule has 2 heterocycles. The molecule has 1 amide bonds. The highest BCUT2D eigenvalue weighted by molar-refractivity contribution is 6.07. The number of hydrogen-bond donors (Lipinski definition) is 1. The fraction of sp³-hybridized carbons (Fsp3) is 0.323. The maximum absolute atomic E-state index is 13.1. The summed E-state index contributed by atoms with van der Waals surface area (Å²) < 4.78 is 17.5. The topological polar surface area (TPSA) is 71.5 Å². The molecule has 7 nitrogen and oxygen atoms in total. The number of ether oxygens (including phenoxy) is 3. The average molecular weight is 515 g/mol. The Morgan fingerprint density at radius 2 is 1.76 bits per heavy atom. The number of nitrogens with zero attached hydrogens (tertiary/aromatic N) is 2. The van der Waals surface area contributed by atoms with Gasteiger partial charge in [-0.1, -0.05) is 42.5 Å². The minimum absolute atomic E-state index is 0.197. The summed E-state index contributed by atoms with van der Waals surface area (Å²) >= 11 is 0. The summed E-state index contributed by atoms with van der Waals surface area (Å²) in [4.78, 5) is 17.2. The second-order valence-electron chi connectivity index (χ2n) is 9.50. The van der Waals surface area contributed by atoms with Gasteiger partial charge in [-0.15, -0.1) is 0 Å². The number of hydrogen-bond acceptors (Lipinski definition) is 6. The van der Waals surface area contributed by atoms with E-state index in [0.29, 0.717) is 42.2 Å². The minimum Gasteiger partial charge on any atom is -0.493 e. The van der Waals surface area contributed by atoms with Gasteiger partial charge in [-0.2, -0.15) is 0 Å². The normalized spacial score (nSPS) is 17.5. The Labute approximate surface area is 223 Å². The molecule has 38 heavy (non-hydrogen) atoms. The zero-order valence-electron chi connectivity index (χ0n) is 21.7. The Hall–Kier alpha value is -3.81. The standard InChI is InChI=1S/C31H34N2O5/c1-36-30-22-26(11-14-28(30)37-21-19-32-17-5-8-25(32)16-20-34)33-18-15-29(31(33)35)38-27-12-9-24(10-13-27)23-6-3-2-4-7-23/h2-4,6-7,9-15,22,25,34H,5,8,16-21H2,1H3/t25-/m1/s1. The third-order valence-corrected chi connectivity index (χ3v) is 7.16. The molecule has 1 N–H and O–H groups in total. The highest BCUT2D eigenvalue weighted by Crippen LogP contribution is 2.34.